The minimum atomic E-state index is 0.591. The summed E-state index contributed by atoms with van der Waals surface area (Å²) in [6.07, 6.45) is 6.74. The molecule has 0 saturated heterocycles. The fourth-order valence-electron chi connectivity index (χ4n) is 2.30. The molecule has 1 aromatic carbocycles. The van der Waals surface area contributed by atoms with Gasteiger partial charge in [0.1, 0.15) is 0 Å². The maximum atomic E-state index is 4.06. The summed E-state index contributed by atoms with van der Waals surface area (Å²) in [5.41, 5.74) is 2.47. The van der Waals surface area contributed by atoms with Crippen LogP contribution in [0.3, 0.4) is 0 Å². The standard InChI is InChI=1S/C16H23N3/c1-4-16(13(2)3)18-11-14-5-7-15(8-6-14)19-10-9-17-12-19/h5-10,12-13,16,18H,4,11H2,1-3H3. The van der Waals surface area contributed by atoms with Gasteiger partial charge in [-0.25, -0.2) is 4.98 Å². The average Bonchev–Trinajstić information content (AvgIpc) is 2.94. The molecule has 1 heterocycles. The van der Waals surface area contributed by atoms with E-state index in [4.69, 9.17) is 0 Å². The number of aromatic nitrogens is 2. The van der Waals surface area contributed by atoms with Crippen LogP contribution in [0.1, 0.15) is 32.8 Å². The molecule has 19 heavy (non-hydrogen) atoms. The largest absolute Gasteiger partial charge is 0.310 e. The Kier molecular flexibility index (Phi) is 4.74. The van der Waals surface area contributed by atoms with E-state index in [-0.39, 0.29) is 0 Å². The number of hydrogen-bond acceptors (Lipinski definition) is 2. The third-order valence-electron chi connectivity index (χ3n) is 3.55. The van der Waals surface area contributed by atoms with Gasteiger partial charge in [0.15, 0.2) is 0 Å². The molecule has 0 aliphatic carbocycles. The quantitative estimate of drug-likeness (QED) is 0.859. The lowest BCUT2D eigenvalue weighted by Crippen LogP contribution is -2.32. The summed E-state index contributed by atoms with van der Waals surface area (Å²) in [5.74, 6) is 0.676. The van der Waals surface area contributed by atoms with Gasteiger partial charge in [0.05, 0.1) is 6.33 Å². The van der Waals surface area contributed by atoms with Gasteiger partial charge in [-0.15, -0.1) is 0 Å². The molecule has 0 radical (unpaired) electrons. The van der Waals surface area contributed by atoms with Crippen molar-refractivity contribution < 1.29 is 0 Å². The first kappa shape index (κ1) is 13.8. The number of nitrogens with zero attached hydrogens (tertiary/aromatic N) is 2. The molecule has 0 fully saturated rings. The predicted octanol–water partition coefficient (Wildman–Crippen LogP) is 3.40. The van der Waals surface area contributed by atoms with Gasteiger partial charge in [0.25, 0.3) is 0 Å². The van der Waals surface area contributed by atoms with E-state index in [1.54, 1.807) is 6.20 Å². The molecule has 0 spiro atoms. The van der Waals surface area contributed by atoms with Gasteiger partial charge < -0.3 is 9.88 Å². The zero-order chi connectivity index (χ0) is 13.7. The van der Waals surface area contributed by atoms with Crippen molar-refractivity contribution in [2.24, 2.45) is 5.92 Å². The van der Waals surface area contributed by atoms with E-state index < -0.39 is 0 Å². The summed E-state index contributed by atoms with van der Waals surface area (Å²) in [4.78, 5) is 4.06. The lowest BCUT2D eigenvalue weighted by molar-refractivity contribution is 0.387. The highest BCUT2D eigenvalue weighted by Gasteiger charge is 2.09. The molecule has 3 nitrogen and oxygen atoms in total. The fraction of sp³-hybridized carbons (Fsp3) is 0.438. The molecule has 102 valence electrons. The van der Waals surface area contributed by atoms with E-state index in [0.29, 0.717) is 12.0 Å². The van der Waals surface area contributed by atoms with Crippen LogP contribution >= 0.6 is 0 Å². The Bertz CT molecular complexity index is 471. The summed E-state index contributed by atoms with van der Waals surface area (Å²) >= 11 is 0. The Balaban J connectivity index is 1.96. The number of nitrogens with one attached hydrogen (secondary N) is 1. The molecule has 1 N–H and O–H groups in total. The fourth-order valence-corrected chi connectivity index (χ4v) is 2.30. The van der Waals surface area contributed by atoms with Crippen molar-refractivity contribution in [3.63, 3.8) is 0 Å². The van der Waals surface area contributed by atoms with E-state index in [2.05, 4.69) is 55.3 Å². The van der Waals surface area contributed by atoms with Gasteiger partial charge >= 0.3 is 0 Å². The normalized spacial score (nSPS) is 12.8. The Labute approximate surface area is 115 Å². The lowest BCUT2D eigenvalue weighted by Gasteiger charge is -2.20. The van der Waals surface area contributed by atoms with Gasteiger partial charge in [-0.05, 0) is 30.0 Å². The monoisotopic (exact) mass is 257 g/mol. The summed E-state index contributed by atoms with van der Waals surface area (Å²) in [6, 6.07) is 9.21. The zero-order valence-electron chi connectivity index (χ0n) is 12.0. The van der Waals surface area contributed by atoms with Gasteiger partial charge in [-0.3, -0.25) is 0 Å². The van der Waals surface area contributed by atoms with Crippen LogP contribution in [-0.4, -0.2) is 15.6 Å². The van der Waals surface area contributed by atoms with Crippen molar-refractivity contribution in [3.8, 4) is 5.69 Å². The van der Waals surface area contributed by atoms with Crippen molar-refractivity contribution >= 4 is 0 Å². The maximum Gasteiger partial charge on any atom is 0.0991 e. The molecule has 2 aromatic rings. The maximum absolute atomic E-state index is 4.06. The minimum Gasteiger partial charge on any atom is -0.310 e. The van der Waals surface area contributed by atoms with Crippen LogP contribution in [-0.2, 0) is 6.54 Å². The smallest absolute Gasteiger partial charge is 0.0991 e. The molecule has 0 amide bonds. The van der Waals surface area contributed by atoms with Crippen LogP contribution in [0, 0.1) is 5.92 Å². The van der Waals surface area contributed by atoms with Gasteiger partial charge in [-0.1, -0.05) is 32.9 Å². The SMILES string of the molecule is CCC(NCc1ccc(-n2ccnc2)cc1)C(C)C. The van der Waals surface area contributed by atoms with Crippen molar-refractivity contribution in [1.82, 2.24) is 14.9 Å². The van der Waals surface area contributed by atoms with Gasteiger partial charge in [-0.2, -0.15) is 0 Å². The number of benzene rings is 1. The van der Waals surface area contributed by atoms with Gasteiger partial charge in [0, 0.05) is 30.7 Å². The third-order valence-corrected chi connectivity index (χ3v) is 3.55. The van der Waals surface area contributed by atoms with E-state index in [0.717, 1.165) is 12.2 Å². The van der Waals surface area contributed by atoms with E-state index in [1.807, 2.05) is 17.1 Å². The molecule has 1 atom stereocenters. The molecule has 1 aromatic heterocycles. The molecule has 2 rings (SSSR count). The second kappa shape index (κ2) is 6.53. The Morgan fingerprint density at radius 1 is 1.21 bits per heavy atom. The first-order valence-corrected chi connectivity index (χ1v) is 7.01. The van der Waals surface area contributed by atoms with Crippen LogP contribution in [0.2, 0.25) is 0 Å². The molecule has 0 bridgehead atoms. The third kappa shape index (κ3) is 3.67. The second-order valence-electron chi connectivity index (χ2n) is 5.28. The van der Waals surface area contributed by atoms with Crippen molar-refractivity contribution in [3.05, 3.63) is 48.5 Å². The highest BCUT2D eigenvalue weighted by molar-refractivity contribution is 5.34. The minimum absolute atomic E-state index is 0.591. The number of imidazole rings is 1. The highest BCUT2D eigenvalue weighted by Crippen LogP contribution is 2.11. The topological polar surface area (TPSA) is 29.9 Å². The molecular formula is C16H23N3. The number of rotatable bonds is 6. The molecule has 0 saturated carbocycles. The van der Waals surface area contributed by atoms with E-state index in [1.165, 1.54) is 12.0 Å². The summed E-state index contributed by atoms with van der Waals surface area (Å²) in [5, 5.41) is 3.62. The molecule has 0 aliphatic heterocycles. The van der Waals surface area contributed by atoms with Crippen LogP contribution in [0.4, 0.5) is 0 Å². The summed E-state index contributed by atoms with van der Waals surface area (Å²) in [6.45, 7) is 7.70. The summed E-state index contributed by atoms with van der Waals surface area (Å²) in [7, 11) is 0. The molecule has 1 unspecified atom stereocenters. The predicted molar refractivity (Wildman–Crippen MR) is 79.3 cm³/mol. The van der Waals surface area contributed by atoms with Crippen LogP contribution < -0.4 is 5.32 Å². The Hall–Kier alpha value is -1.61. The van der Waals surface area contributed by atoms with Crippen LogP contribution in [0.15, 0.2) is 43.0 Å². The van der Waals surface area contributed by atoms with Crippen molar-refractivity contribution in [1.29, 1.82) is 0 Å². The second-order valence-corrected chi connectivity index (χ2v) is 5.28. The number of hydrogen-bond donors (Lipinski definition) is 1. The Morgan fingerprint density at radius 2 is 1.95 bits per heavy atom. The van der Waals surface area contributed by atoms with Crippen molar-refractivity contribution in [2.45, 2.75) is 39.8 Å². The van der Waals surface area contributed by atoms with Crippen molar-refractivity contribution in [2.75, 3.05) is 0 Å². The first-order chi connectivity index (χ1) is 9.20. The van der Waals surface area contributed by atoms with Crippen LogP contribution in [0.25, 0.3) is 5.69 Å². The van der Waals surface area contributed by atoms with Crippen LogP contribution in [0.5, 0.6) is 0 Å². The lowest BCUT2D eigenvalue weighted by atomic mass is 10.0. The molecule has 0 aliphatic rings. The first-order valence-electron chi connectivity index (χ1n) is 7.01. The molecular weight excluding hydrogens is 234 g/mol. The van der Waals surface area contributed by atoms with Gasteiger partial charge in [0.2, 0.25) is 0 Å². The summed E-state index contributed by atoms with van der Waals surface area (Å²) < 4.78 is 2.01. The molecule has 3 heteroatoms. The Morgan fingerprint density at radius 3 is 2.47 bits per heavy atom. The highest BCUT2D eigenvalue weighted by atomic mass is 15.0. The average molecular weight is 257 g/mol. The van der Waals surface area contributed by atoms with E-state index in [9.17, 15) is 0 Å². The van der Waals surface area contributed by atoms with E-state index >= 15 is 0 Å². The zero-order valence-corrected chi connectivity index (χ0v) is 12.0.